The van der Waals surface area contributed by atoms with Gasteiger partial charge in [-0.2, -0.15) is 0 Å². The van der Waals surface area contributed by atoms with Gasteiger partial charge in [-0.25, -0.2) is 4.98 Å². The molecule has 2 aliphatic rings. The molecule has 1 aromatic heterocycles. The number of hydrogen-bond acceptors (Lipinski definition) is 5. The maximum absolute atomic E-state index is 13.8. The summed E-state index contributed by atoms with van der Waals surface area (Å²) in [5.41, 5.74) is 0.671. The van der Waals surface area contributed by atoms with E-state index in [9.17, 15) is 4.79 Å². The number of pyridine rings is 1. The van der Waals surface area contributed by atoms with E-state index in [4.69, 9.17) is 4.74 Å². The first kappa shape index (κ1) is 21.6. The molecule has 0 bridgehead atoms. The van der Waals surface area contributed by atoms with Crippen LogP contribution in [0.4, 0.5) is 11.5 Å². The number of piperazine rings is 1. The fraction of sp³-hybridized carbons (Fsp3) is 0.520. The van der Waals surface area contributed by atoms with Crippen LogP contribution in [0.15, 0.2) is 48.7 Å². The highest BCUT2D eigenvalue weighted by molar-refractivity contribution is 5.98. The summed E-state index contributed by atoms with van der Waals surface area (Å²) in [5.74, 6) is 2.02. The molecule has 1 saturated heterocycles. The minimum absolute atomic E-state index is 0.114. The van der Waals surface area contributed by atoms with Gasteiger partial charge in [-0.1, -0.05) is 44.4 Å². The van der Waals surface area contributed by atoms with Crippen LogP contribution in [0, 0.1) is 5.92 Å². The zero-order valence-electron chi connectivity index (χ0n) is 18.7. The third kappa shape index (κ3) is 4.26. The number of nitrogens with zero attached hydrogens (tertiary/aromatic N) is 3. The number of carbonyl (C=O) groups excluding carboxylic acids is 1. The Balaban J connectivity index is 1.56. The summed E-state index contributed by atoms with van der Waals surface area (Å²) < 4.78 is 5.57. The summed E-state index contributed by atoms with van der Waals surface area (Å²) in [6, 6.07) is 13.8. The fourth-order valence-corrected chi connectivity index (χ4v) is 5.53. The van der Waals surface area contributed by atoms with Crippen molar-refractivity contribution in [3.8, 4) is 5.75 Å². The highest BCUT2D eigenvalue weighted by atomic mass is 16.5. The van der Waals surface area contributed by atoms with Crippen molar-refractivity contribution in [2.24, 2.45) is 5.92 Å². The Labute approximate surface area is 185 Å². The summed E-state index contributed by atoms with van der Waals surface area (Å²) in [5, 5.41) is 3.15. The van der Waals surface area contributed by atoms with Gasteiger partial charge in [0.2, 0.25) is 5.91 Å². The summed E-state index contributed by atoms with van der Waals surface area (Å²) in [4.78, 5) is 23.0. The van der Waals surface area contributed by atoms with E-state index in [-0.39, 0.29) is 5.91 Å². The summed E-state index contributed by atoms with van der Waals surface area (Å²) >= 11 is 0. The minimum Gasteiger partial charge on any atom is -0.495 e. The van der Waals surface area contributed by atoms with Crippen molar-refractivity contribution in [1.29, 1.82) is 0 Å². The first-order valence-electron chi connectivity index (χ1n) is 11.5. The molecule has 1 saturated carbocycles. The maximum atomic E-state index is 13.8. The van der Waals surface area contributed by atoms with Crippen molar-refractivity contribution in [2.75, 3.05) is 43.5 Å². The van der Waals surface area contributed by atoms with Crippen LogP contribution in [-0.2, 0) is 4.79 Å². The number of methoxy groups -OCH3 is 1. The van der Waals surface area contributed by atoms with E-state index in [0.29, 0.717) is 11.7 Å². The van der Waals surface area contributed by atoms with Crippen LogP contribution in [0.3, 0.4) is 0 Å². The molecular weight excluding hydrogens is 388 g/mol. The number of para-hydroxylation sites is 2. The van der Waals surface area contributed by atoms with Gasteiger partial charge in [-0.15, -0.1) is 0 Å². The highest BCUT2D eigenvalue weighted by Crippen LogP contribution is 2.42. The molecule has 166 valence electrons. The van der Waals surface area contributed by atoms with Gasteiger partial charge in [0, 0.05) is 32.4 Å². The Hall–Kier alpha value is -2.60. The average molecular weight is 423 g/mol. The molecule has 6 nitrogen and oxygen atoms in total. The third-order valence-corrected chi connectivity index (χ3v) is 7.10. The number of anilines is 2. The lowest BCUT2D eigenvalue weighted by Crippen LogP contribution is -2.66. The number of hydrogen-bond donors (Lipinski definition) is 1. The molecule has 1 N–H and O–H groups in total. The molecule has 1 aliphatic heterocycles. The van der Waals surface area contributed by atoms with Crippen LogP contribution in [-0.4, -0.2) is 54.6 Å². The van der Waals surface area contributed by atoms with Crippen molar-refractivity contribution in [1.82, 2.24) is 9.88 Å². The average Bonchev–Trinajstić information content (AvgIpc) is 2.84. The van der Waals surface area contributed by atoms with Crippen molar-refractivity contribution in [2.45, 2.75) is 44.6 Å². The van der Waals surface area contributed by atoms with Crippen molar-refractivity contribution >= 4 is 17.4 Å². The van der Waals surface area contributed by atoms with Gasteiger partial charge >= 0.3 is 0 Å². The van der Waals surface area contributed by atoms with Crippen LogP contribution < -0.4 is 15.0 Å². The molecular formula is C25H34N4O2. The predicted molar refractivity (Wildman–Crippen MR) is 125 cm³/mol. The Kier molecular flexibility index (Phi) is 6.76. The van der Waals surface area contributed by atoms with Crippen molar-refractivity contribution in [3.63, 3.8) is 0 Å². The fourth-order valence-electron chi connectivity index (χ4n) is 5.53. The monoisotopic (exact) mass is 422 g/mol. The van der Waals surface area contributed by atoms with E-state index in [1.807, 2.05) is 30.3 Å². The SMILES string of the molecule is CCC1CCCCC1(C(=O)Nc1ccccn1)N1CCN(c2ccccc2OC)CC1. The molecule has 31 heavy (non-hydrogen) atoms. The van der Waals surface area contributed by atoms with Gasteiger partial charge in [0.25, 0.3) is 0 Å². The van der Waals surface area contributed by atoms with Crippen LogP contribution in [0.5, 0.6) is 5.75 Å². The smallest absolute Gasteiger partial charge is 0.246 e. The summed E-state index contributed by atoms with van der Waals surface area (Å²) in [6.45, 7) is 5.73. The van der Waals surface area contributed by atoms with Gasteiger partial charge < -0.3 is 15.0 Å². The van der Waals surface area contributed by atoms with Crippen molar-refractivity contribution in [3.05, 3.63) is 48.7 Å². The Morgan fingerprint density at radius 2 is 1.90 bits per heavy atom. The number of carbonyl (C=O) groups is 1. The molecule has 2 atom stereocenters. The minimum atomic E-state index is -0.461. The lowest BCUT2D eigenvalue weighted by atomic mass is 9.69. The Bertz CT molecular complexity index is 867. The number of aromatic nitrogens is 1. The zero-order valence-corrected chi connectivity index (χ0v) is 18.7. The number of amides is 1. The second-order valence-corrected chi connectivity index (χ2v) is 8.59. The number of rotatable bonds is 6. The van der Waals surface area contributed by atoms with Gasteiger partial charge in [0.1, 0.15) is 17.1 Å². The van der Waals surface area contributed by atoms with E-state index in [0.717, 1.165) is 63.3 Å². The second kappa shape index (κ2) is 9.69. The van der Waals surface area contributed by atoms with Crippen LogP contribution in [0.1, 0.15) is 39.0 Å². The lowest BCUT2D eigenvalue weighted by molar-refractivity contribution is -0.136. The molecule has 2 aromatic rings. The lowest BCUT2D eigenvalue weighted by Gasteiger charge is -2.52. The van der Waals surface area contributed by atoms with Crippen LogP contribution in [0.2, 0.25) is 0 Å². The maximum Gasteiger partial charge on any atom is 0.246 e. The van der Waals surface area contributed by atoms with E-state index < -0.39 is 5.54 Å². The zero-order chi connectivity index (χ0) is 21.7. The van der Waals surface area contributed by atoms with Gasteiger partial charge in [0.05, 0.1) is 12.8 Å². The van der Waals surface area contributed by atoms with E-state index >= 15 is 0 Å². The molecule has 2 heterocycles. The van der Waals surface area contributed by atoms with Gasteiger partial charge in [-0.05, 0) is 43.0 Å². The standard InChI is InChI=1S/C25H34N4O2/c1-3-20-10-6-8-14-25(20,24(30)27-23-13-7-9-15-26-23)29-18-16-28(17-19-29)21-11-4-5-12-22(21)31-2/h4-5,7,9,11-13,15,20H,3,6,8,10,14,16-19H2,1-2H3,(H,26,27,30). The van der Waals surface area contributed by atoms with Crippen LogP contribution >= 0.6 is 0 Å². The second-order valence-electron chi connectivity index (χ2n) is 8.59. The molecule has 2 fully saturated rings. The largest absolute Gasteiger partial charge is 0.495 e. The molecule has 0 radical (unpaired) electrons. The van der Waals surface area contributed by atoms with E-state index in [1.54, 1.807) is 13.3 Å². The molecule has 4 rings (SSSR count). The van der Waals surface area contributed by atoms with E-state index in [2.05, 4.69) is 39.2 Å². The number of ether oxygens (including phenoxy) is 1. The topological polar surface area (TPSA) is 57.7 Å². The normalized spacial score (nSPS) is 24.6. The molecule has 6 heteroatoms. The Morgan fingerprint density at radius 1 is 1.13 bits per heavy atom. The van der Waals surface area contributed by atoms with Gasteiger partial charge in [0.15, 0.2) is 0 Å². The molecule has 1 aromatic carbocycles. The first-order valence-corrected chi connectivity index (χ1v) is 11.5. The quantitative estimate of drug-likeness (QED) is 0.756. The van der Waals surface area contributed by atoms with E-state index in [1.165, 1.54) is 6.42 Å². The Morgan fingerprint density at radius 3 is 2.61 bits per heavy atom. The number of nitrogens with one attached hydrogen (secondary N) is 1. The molecule has 1 aliphatic carbocycles. The molecule has 1 amide bonds. The third-order valence-electron chi connectivity index (χ3n) is 7.10. The summed E-state index contributed by atoms with van der Waals surface area (Å²) in [6.07, 6.45) is 7.07. The molecule has 2 unspecified atom stereocenters. The first-order chi connectivity index (χ1) is 15.2. The van der Waals surface area contributed by atoms with Crippen molar-refractivity contribution < 1.29 is 9.53 Å². The van der Waals surface area contributed by atoms with Gasteiger partial charge in [-0.3, -0.25) is 9.69 Å². The summed E-state index contributed by atoms with van der Waals surface area (Å²) in [7, 11) is 1.72. The van der Waals surface area contributed by atoms with Crippen LogP contribution in [0.25, 0.3) is 0 Å². The highest BCUT2D eigenvalue weighted by Gasteiger charge is 2.51. The number of benzene rings is 1. The molecule has 0 spiro atoms. The predicted octanol–water partition coefficient (Wildman–Crippen LogP) is 4.19.